The molecular formula is C13H21N3O3. The van der Waals surface area contributed by atoms with E-state index in [0.29, 0.717) is 18.3 Å². The van der Waals surface area contributed by atoms with E-state index in [1.54, 1.807) is 19.1 Å². The molecule has 0 amide bonds. The third-order valence-electron chi connectivity index (χ3n) is 3.14. The average molecular weight is 267 g/mol. The fraction of sp³-hybridized carbons (Fsp3) is 0.615. The molecule has 0 radical (unpaired) electrons. The van der Waals surface area contributed by atoms with Crippen molar-refractivity contribution in [2.75, 3.05) is 19.7 Å². The van der Waals surface area contributed by atoms with Crippen LogP contribution in [0.25, 0.3) is 0 Å². The van der Waals surface area contributed by atoms with E-state index in [1.165, 1.54) is 6.26 Å². The molecule has 1 saturated heterocycles. The van der Waals surface area contributed by atoms with Gasteiger partial charge in [0.05, 0.1) is 18.9 Å². The van der Waals surface area contributed by atoms with Crippen LogP contribution in [0.15, 0.2) is 27.8 Å². The first-order valence-electron chi connectivity index (χ1n) is 6.50. The number of furan rings is 1. The molecule has 4 N–H and O–H groups in total. The second kappa shape index (κ2) is 6.08. The predicted octanol–water partition coefficient (Wildman–Crippen LogP) is 0.570. The predicted molar refractivity (Wildman–Crippen MR) is 71.7 cm³/mol. The summed E-state index contributed by atoms with van der Waals surface area (Å²) in [5.41, 5.74) is 4.60. The smallest absolute Gasteiger partial charge is 0.188 e. The number of guanidine groups is 1. The number of nitrogens with two attached hydrogens (primary N) is 1. The maximum atomic E-state index is 10.2. The molecule has 2 heterocycles. The fourth-order valence-electron chi connectivity index (χ4n) is 1.98. The van der Waals surface area contributed by atoms with Crippen LogP contribution in [0.4, 0.5) is 0 Å². The summed E-state index contributed by atoms with van der Waals surface area (Å²) in [5.74, 6) is 0.783. The standard InChI is InChI=1S/C13H21N3O3/c1-13(17,11-5-3-7-19-11)9-16-12(14)15-8-10-4-2-6-18-10/h3,5,7,10,17H,2,4,6,8-9H2,1H3,(H3,14,15,16). The van der Waals surface area contributed by atoms with E-state index >= 15 is 0 Å². The second-order valence-electron chi connectivity index (χ2n) is 4.97. The minimum absolute atomic E-state index is 0.144. The number of hydrogen-bond donors (Lipinski definition) is 3. The molecule has 0 aliphatic carbocycles. The summed E-state index contributed by atoms with van der Waals surface area (Å²) in [6.07, 6.45) is 3.87. The Morgan fingerprint density at radius 3 is 3.16 bits per heavy atom. The number of nitrogens with zero attached hydrogens (tertiary/aromatic N) is 1. The first-order chi connectivity index (χ1) is 9.08. The van der Waals surface area contributed by atoms with Crippen molar-refractivity contribution in [2.24, 2.45) is 10.7 Å². The van der Waals surface area contributed by atoms with Gasteiger partial charge in [-0.3, -0.25) is 0 Å². The molecule has 6 nitrogen and oxygen atoms in total. The van der Waals surface area contributed by atoms with Gasteiger partial charge in [0.15, 0.2) is 5.96 Å². The number of hydrogen-bond acceptors (Lipinski definition) is 4. The Morgan fingerprint density at radius 2 is 2.53 bits per heavy atom. The molecule has 0 aromatic carbocycles. The summed E-state index contributed by atoms with van der Waals surface area (Å²) < 4.78 is 10.6. The van der Waals surface area contributed by atoms with Crippen LogP contribution < -0.4 is 11.1 Å². The quantitative estimate of drug-likeness (QED) is 0.536. The number of rotatable bonds is 5. The SMILES string of the molecule is CC(O)(CN=C(N)NCC1CCCO1)c1ccco1. The third kappa shape index (κ3) is 3.97. The van der Waals surface area contributed by atoms with Gasteiger partial charge in [-0.05, 0) is 31.9 Å². The minimum atomic E-state index is -1.15. The number of ether oxygens (including phenoxy) is 1. The molecule has 1 aliphatic heterocycles. The first kappa shape index (κ1) is 13.9. The lowest BCUT2D eigenvalue weighted by Gasteiger charge is -2.18. The van der Waals surface area contributed by atoms with Crippen molar-refractivity contribution in [1.82, 2.24) is 5.32 Å². The van der Waals surface area contributed by atoms with Gasteiger partial charge in [-0.15, -0.1) is 0 Å². The van der Waals surface area contributed by atoms with E-state index in [9.17, 15) is 5.11 Å². The normalized spacial score (nSPS) is 23.3. The molecule has 1 aliphatic rings. The van der Waals surface area contributed by atoms with Crippen LogP contribution in [0, 0.1) is 0 Å². The van der Waals surface area contributed by atoms with Gasteiger partial charge in [0, 0.05) is 13.2 Å². The Morgan fingerprint density at radius 1 is 1.68 bits per heavy atom. The van der Waals surface area contributed by atoms with Gasteiger partial charge in [0.2, 0.25) is 0 Å². The van der Waals surface area contributed by atoms with Crippen LogP contribution in [-0.4, -0.2) is 36.9 Å². The summed E-state index contributed by atoms with van der Waals surface area (Å²) >= 11 is 0. The Hall–Kier alpha value is -1.53. The minimum Gasteiger partial charge on any atom is -0.466 e. The molecule has 2 rings (SSSR count). The zero-order valence-corrected chi connectivity index (χ0v) is 11.1. The van der Waals surface area contributed by atoms with Gasteiger partial charge >= 0.3 is 0 Å². The number of nitrogens with one attached hydrogen (secondary N) is 1. The van der Waals surface area contributed by atoms with E-state index in [1.807, 2.05) is 0 Å². The summed E-state index contributed by atoms with van der Waals surface area (Å²) in [4.78, 5) is 4.13. The Labute approximate surface area is 112 Å². The second-order valence-corrected chi connectivity index (χ2v) is 4.97. The van der Waals surface area contributed by atoms with Gasteiger partial charge < -0.3 is 25.3 Å². The van der Waals surface area contributed by atoms with E-state index in [-0.39, 0.29) is 12.6 Å². The number of aliphatic imine (C=N–C) groups is 1. The summed E-state index contributed by atoms with van der Waals surface area (Å²) in [6, 6.07) is 3.44. The van der Waals surface area contributed by atoms with Crippen molar-refractivity contribution >= 4 is 5.96 Å². The molecule has 106 valence electrons. The molecule has 1 aromatic heterocycles. The first-order valence-corrected chi connectivity index (χ1v) is 6.50. The van der Waals surface area contributed by atoms with Gasteiger partial charge in [-0.1, -0.05) is 0 Å². The zero-order valence-electron chi connectivity index (χ0n) is 11.1. The lowest BCUT2D eigenvalue weighted by Crippen LogP contribution is -2.38. The molecule has 2 unspecified atom stereocenters. The van der Waals surface area contributed by atoms with E-state index < -0.39 is 5.60 Å². The van der Waals surface area contributed by atoms with Crippen molar-refractivity contribution in [3.05, 3.63) is 24.2 Å². The van der Waals surface area contributed by atoms with Crippen LogP contribution in [0.3, 0.4) is 0 Å². The van der Waals surface area contributed by atoms with Crippen molar-refractivity contribution < 1.29 is 14.3 Å². The van der Waals surface area contributed by atoms with Gasteiger partial charge in [0.1, 0.15) is 11.4 Å². The van der Waals surface area contributed by atoms with Crippen LogP contribution >= 0.6 is 0 Å². The van der Waals surface area contributed by atoms with Gasteiger partial charge in [-0.2, -0.15) is 0 Å². The third-order valence-corrected chi connectivity index (χ3v) is 3.14. The highest BCUT2D eigenvalue weighted by molar-refractivity contribution is 5.77. The largest absolute Gasteiger partial charge is 0.466 e. The monoisotopic (exact) mass is 267 g/mol. The van der Waals surface area contributed by atoms with Crippen molar-refractivity contribution in [1.29, 1.82) is 0 Å². The summed E-state index contributed by atoms with van der Waals surface area (Å²) in [6.45, 7) is 3.25. The maximum Gasteiger partial charge on any atom is 0.188 e. The molecule has 1 aromatic rings. The summed E-state index contributed by atoms with van der Waals surface area (Å²) in [7, 11) is 0. The Bertz CT molecular complexity index is 409. The van der Waals surface area contributed by atoms with Crippen molar-refractivity contribution in [2.45, 2.75) is 31.5 Å². The van der Waals surface area contributed by atoms with E-state index in [4.69, 9.17) is 14.9 Å². The fourth-order valence-corrected chi connectivity index (χ4v) is 1.98. The Balaban J connectivity index is 1.80. The molecule has 0 saturated carbocycles. The molecular weight excluding hydrogens is 246 g/mol. The highest BCUT2D eigenvalue weighted by Crippen LogP contribution is 2.20. The molecule has 0 spiro atoms. The molecule has 2 atom stereocenters. The molecule has 1 fully saturated rings. The number of aliphatic hydroxyl groups is 1. The highest BCUT2D eigenvalue weighted by atomic mass is 16.5. The van der Waals surface area contributed by atoms with Crippen LogP contribution in [0.5, 0.6) is 0 Å². The van der Waals surface area contributed by atoms with E-state index in [2.05, 4.69) is 10.3 Å². The lowest BCUT2D eigenvalue weighted by molar-refractivity contribution is 0.0437. The van der Waals surface area contributed by atoms with Crippen LogP contribution in [0.2, 0.25) is 0 Å². The van der Waals surface area contributed by atoms with E-state index in [0.717, 1.165) is 19.4 Å². The molecule has 19 heavy (non-hydrogen) atoms. The lowest BCUT2D eigenvalue weighted by atomic mass is 10.0. The van der Waals surface area contributed by atoms with Crippen molar-refractivity contribution in [3.8, 4) is 0 Å². The Kier molecular flexibility index (Phi) is 4.44. The van der Waals surface area contributed by atoms with Crippen LogP contribution in [0.1, 0.15) is 25.5 Å². The highest BCUT2D eigenvalue weighted by Gasteiger charge is 2.26. The zero-order chi connectivity index (χ0) is 13.7. The van der Waals surface area contributed by atoms with Crippen LogP contribution in [-0.2, 0) is 10.3 Å². The summed E-state index contributed by atoms with van der Waals surface area (Å²) in [5, 5.41) is 13.2. The molecule has 6 heteroatoms. The average Bonchev–Trinajstić information content (AvgIpc) is 3.06. The topological polar surface area (TPSA) is 93.0 Å². The molecule has 0 bridgehead atoms. The van der Waals surface area contributed by atoms with Gasteiger partial charge in [-0.25, -0.2) is 4.99 Å². The maximum absolute atomic E-state index is 10.2. The van der Waals surface area contributed by atoms with Gasteiger partial charge in [0.25, 0.3) is 0 Å². The van der Waals surface area contributed by atoms with Crippen molar-refractivity contribution in [3.63, 3.8) is 0 Å².